The Balaban J connectivity index is 1.95. The van der Waals surface area contributed by atoms with Gasteiger partial charge in [-0.25, -0.2) is 9.69 Å². The van der Waals surface area contributed by atoms with Gasteiger partial charge < -0.3 is 5.11 Å². The number of carbonyl (C=O) groups excluding carboxylic acids is 1. The molecule has 0 spiro atoms. The molecule has 2 amide bonds. The standard InChI is InChI=1S/C11H12N2O3S/c1-7-9(14)13(11(15)16)10(7)17-6-8-4-2-3-5-12-8/h2-5,7,10H,6H2,1H3,(H,15,16)/t7-,10+/m1/s1. The van der Waals surface area contributed by atoms with Crippen molar-refractivity contribution < 1.29 is 14.7 Å². The minimum Gasteiger partial charge on any atom is -0.465 e. The summed E-state index contributed by atoms with van der Waals surface area (Å²) in [6.45, 7) is 1.75. The van der Waals surface area contributed by atoms with Crippen molar-refractivity contribution in [3.63, 3.8) is 0 Å². The van der Waals surface area contributed by atoms with Gasteiger partial charge in [-0.15, -0.1) is 11.8 Å². The van der Waals surface area contributed by atoms with Crippen LogP contribution in [-0.2, 0) is 10.5 Å². The van der Waals surface area contributed by atoms with Crippen molar-refractivity contribution in [2.24, 2.45) is 5.92 Å². The lowest BCUT2D eigenvalue weighted by Crippen LogP contribution is -2.60. The van der Waals surface area contributed by atoms with Crippen molar-refractivity contribution in [3.8, 4) is 0 Å². The van der Waals surface area contributed by atoms with E-state index in [0.29, 0.717) is 5.75 Å². The molecule has 1 aromatic heterocycles. The molecule has 17 heavy (non-hydrogen) atoms. The number of hydrogen-bond donors (Lipinski definition) is 1. The van der Waals surface area contributed by atoms with Gasteiger partial charge in [0, 0.05) is 11.9 Å². The van der Waals surface area contributed by atoms with Crippen LogP contribution < -0.4 is 0 Å². The summed E-state index contributed by atoms with van der Waals surface area (Å²) in [5.74, 6) is 0.0447. The molecule has 1 N–H and O–H groups in total. The zero-order chi connectivity index (χ0) is 12.4. The van der Waals surface area contributed by atoms with Crippen molar-refractivity contribution in [1.82, 2.24) is 9.88 Å². The zero-order valence-electron chi connectivity index (χ0n) is 9.24. The Morgan fingerprint density at radius 3 is 2.94 bits per heavy atom. The maximum absolute atomic E-state index is 11.3. The first-order valence-corrected chi connectivity index (χ1v) is 6.23. The summed E-state index contributed by atoms with van der Waals surface area (Å²) in [5.41, 5.74) is 0.884. The first-order chi connectivity index (χ1) is 8.11. The summed E-state index contributed by atoms with van der Waals surface area (Å²) >= 11 is 1.43. The Morgan fingerprint density at radius 1 is 1.59 bits per heavy atom. The third-order valence-corrected chi connectivity index (χ3v) is 4.07. The Hall–Kier alpha value is -1.56. The molecule has 0 saturated carbocycles. The second kappa shape index (κ2) is 4.75. The molecule has 1 fully saturated rings. The highest BCUT2D eigenvalue weighted by Crippen LogP contribution is 2.36. The van der Waals surface area contributed by atoms with Gasteiger partial charge in [0.1, 0.15) is 5.37 Å². The van der Waals surface area contributed by atoms with Crippen LogP contribution in [0, 0.1) is 5.92 Å². The van der Waals surface area contributed by atoms with Crippen molar-refractivity contribution in [3.05, 3.63) is 30.1 Å². The van der Waals surface area contributed by atoms with Crippen molar-refractivity contribution in [1.29, 1.82) is 0 Å². The summed E-state index contributed by atoms with van der Waals surface area (Å²) in [6.07, 6.45) is 0.520. The fraction of sp³-hybridized carbons (Fsp3) is 0.364. The average Bonchev–Trinajstić information content (AvgIpc) is 2.33. The molecule has 1 aromatic rings. The molecule has 1 aliphatic rings. The van der Waals surface area contributed by atoms with Gasteiger partial charge in [0.15, 0.2) is 0 Å². The number of β-lactam (4-membered cyclic amide) rings is 1. The van der Waals surface area contributed by atoms with Crippen LogP contribution in [0.25, 0.3) is 0 Å². The normalized spacial score (nSPS) is 23.4. The maximum atomic E-state index is 11.3. The first kappa shape index (κ1) is 11.9. The maximum Gasteiger partial charge on any atom is 0.415 e. The van der Waals surface area contributed by atoms with E-state index in [1.807, 2.05) is 18.2 Å². The third-order valence-electron chi connectivity index (χ3n) is 2.64. The molecule has 6 heteroatoms. The topological polar surface area (TPSA) is 70.5 Å². The molecule has 2 heterocycles. The van der Waals surface area contributed by atoms with Crippen LogP contribution in [0.4, 0.5) is 4.79 Å². The summed E-state index contributed by atoms with van der Waals surface area (Å²) in [5, 5.41) is 8.58. The molecule has 1 aliphatic heterocycles. The second-order valence-corrected chi connectivity index (χ2v) is 4.91. The van der Waals surface area contributed by atoms with Gasteiger partial charge in [0.25, 0.3) is 0 Å². The van der Waals surface area contributed by atoms with Crippen LogP contribution in [0.2, 0.25) is 0 Å². The molecular weight excluding hydrogens is 240 g/mol. The summed E-state index contributed by atoms with van der Waals surface area (Å²) in [4.78, 5) is 27.2. The highest BCUT2D eigenvalue weighted by atomic mass is 32.2. The van der Waals surface area contributed by atoms with Crippen LogP contribution in [0.5, 0.6) is 0 Å². The van der Waals surface area contributed by atoms with E-state index in [9.17, 15) is 9.59 Å². The Bertz CT molecular complexity index is 438. The number of carbonyl (C=O) groups is 2. The van der Waals surface area contributed by atoms with E-state index in [2.05, 4.69) is 4.98 Å². The highest BCUT2D eigenvalue weighted by Gasteiger charge is 2.48. The monoisotopic (exact) mass is 252 g/mol. The molecular formula is C11H12N2O3S. The minimum absolute atomic E-state index is 0.236. The molecule has 0 aromatic carbocycles. The smallest absolute Gasteiger partial charge is 0.415 e. The van der Waals surface area contributed by atoms with Gasteiger partial charge in [-0.2, -0.15) is 0 Å². The van der Waals surface area contributed by atoms with Gasteiger partial charge in [0.05, 0.1) is 11.6 Å². The lowest BCUT2D eigenvalue weighted by Gasteiger charge is -2.41. The third kappa shape index (κ3) is 2.26. The zero-order valence-corrected chi connectivity index (χ0v) is 10.1. The van der Waals surface area contributed by atoms with E-state index in [-0.39, 0.29) is 17.2 Å². The molecule has 0 bridgehead atoms. The van der Waals surface area contributed by atoms with E-state index < -0.39 is 6.09 Å². The first-order valence-electron chi connectivity index (χ1n) is 5.19. The van der Waals surface area contributed by atoms with E-state index in [1.165, 1.54) is 11.8 Å². The average molecular weight is 252 g/mol. The molecule has 5 nitrogen and oxygen atoms in total. The van der Waals surface area contributed by atoms with E-state index >= 15 is 0 Å². The molecule has 0 radical (unpaired) electrons. The number of nitrogens with zero attached hydrogens (tertiary/aromatic N) is 2. The largest absolute Gasteiger partial charge is 0.465 e. The Kier molecular flexibility index (Phi) is 3.33. The summed E-state index contributed by atoms with van der Waals surface area (Å²) in [6, 6.07) is 5.59. The van der Waals surface area contributed by atoms with Crippen LogP contribution in [-0.4, -0.2) is 32.4 Å². The molecule has 0 unspecified atom stereocenters. The fourth-order valence-corrected chi connectivity index (χ4v) is 2.94. The van der Waals surface area contributed by atoms with Crippen LogP contribution >= 0.6 is 11.8 Å². The lowest BCUT2D eigenvalue weighted by molar-refractivity contribution is -0.145. The van der Waals surface area contributed by atoms with Crippen molar-refractivity contribution >= 4 is 23.8 Å². The van der Waals surface area contributed by atoms with Gasteiger partial charge in [-0.3, -0.25) is 9.78 Å². The number of imide groups is 1. The summed E-state index contributed by atoms with van der Waals surface area (Å²) in [7, 11) is 0. The SMILES string of the molecule is C[C@@H]1C(=O)N(C(=O)O)[C@H]1SCc1ccccn1. The highest BCUT2D eigenvalue weighted by molar-refractivity contribution is 7.99. The van der Waals surface area contributed by atoms with Crippen LogP contribution in [0.3, 0.4) is 0 Å². The number of rotatable bonds is 3. The van der Waals surface area contributed by atoms with Gasteiger partial charge in [0.2, 0.25) is 5.91 Å². The van der Waals surface area contributed by atoms with E-state index in [1.54, 1.807) is 13.1 Å². The van der Waals surface area contributed by atoms with E-state index in [0.717, 1.165) is 10.6 Å². The van der Waals surface area contributed by atoms with E-state index in [4.69, 9.17) is 5.11 Å². The molecule has 90 valence electrons. The number of likely N-dealkylation sites (tertiary alicyclic amines) is 1. The minimum atomic E-state index is -1.17. The van der Waals surface area contributed by atoms with Gasteiger partial charge in [-0.1, -0.05) is 13.0 Å². The van der Waals surface area contributed by atoms with Crippen LogP contribution in [0.15, 0.2) is 24.4 Å². The van der Waals surface area contributed by atoms with Crippen molar-refractivity contribution in [2.45, 2.75) is 18.1 Å². The Labute approximate surface area is 103 Å². The predicted molar refractivity (Wildman–Crippen MR) is 63.4 cm³/mol. The van der Waals surface area contributed by atoms with Gasteiger partial charge in [-0.05, 0) is 12.1 Å². The molecule has 0 aliphatic carbocycles. The van der Waals surface area contributed by atoms with Gasteiger partial charge >= 0.3 is 6.09 Å². The lowest BCUT2D eigenvalue weighted by atomic mass is 10.0. The number of pyridine rings is 1. The molecule has 2 rings (SSSR count). The molecule has 2 atom stereocenters. The number of thioether (sulfide) groups is 1. The second-order valence-electron chi connectivity index (χ2n) is 3.80. The quantitative estimate of drug-likeness (QED) is 0.830. The van der Waals surface area contributed by atoms with Crippen molar-refractivity contribution in [2.75, 3.05) is 0 Å². The fourth-order valence-electron chi connectivity index (χ4n) is 1.68. The predicted octanol–water partition coefficient (Wildman–Crippen LogP) is 1.80. The Morgan fingerprint density at radius 2 is 2.35 bits per heavy atom. The number of carboxylic acid groups (broad SMARTS) is 1. The summed E-state index contributed by atoms with van der Waals surface area (Å²) < 4.78 is 0. The number of aromatic nitrogens is 1. The number of amides is 2. The molecule has 1 saturated heterocycles. The number of hydrogen-bond acceptors (Lipinski definition) is 4. The van der Waals surface area contributed by atoms with Crippen LogP contribution in [0.1, 0.15) is 12.6 Å².